The Morgan fingerprint density at radius 3 is 2.46 bits per heavy atom. The third kappa shape index (κ3) is 2.18. The van der Waals surface area contributed by atoms with Crippen molar-refractivity contribution in [1.29, 1.82) is 0 Å². The Labute approximate surface area is 79.8 Å². The molecular formula is C12H15O. The van der Waals surface area contributed by atoms with Gasteiger partial charge in [-0.25, -0.2) is 0 Å². The van der Waals surface area contributed by atoms with E-state index in [0.29, 0.717) is 6.42 Å². The van der Waals surface area contributed by atoms with Crippen LogP contribution >= 0.6 is 0 Å². The predicted molar refractivity (Wildman–Crippen MR) is 54.7 cm³/mol. The van der Waals surface area contributed by atoms with Gasteiger partial charge in [-0.3, -0.25) is 4.79 Å². The summed E-state index contributed by atoms with van der Waals surface area (Å²) >= 11 is 0. The van der Waals surface area contributed by atoms with E-state index >= 15 is 0 Å². The van der Waals surface area contributed by atoms with Crippen LogP contribution in [0.25, 0.3) is 0 Å². The van der Waals surface area contributed by atoms with E-state index in [9.17, 15) is 4.79 Å². The maximum absolute atomic E-state index is 10.1. The maximum atomic E-state index is 10.1. The lowest BCUT2D eigenvalue weighted by Gasteiger charge is -2.09. The van der Waals surface area contributed by atoms with E-state index in [2.05, 4.69) is 32.9 Å². The monoisotopic (exact) mass is 175 g/mol. The molecule has 0 unspecified atom stereocenters. The van der Waals surface area contributed by atoms with E-state index < -0.39 is 0 Å². The molecule has 0 spiro atoms. The molecule has 0 N–H and O–H groups in total. The van der Waals surface area contributed by atoms with Gasteiger partial charge in [0.1, 0.15) is 0 Å². The first-order chi connectivity index (χ1) is 6.16. The fourth-order valence-electron chi connectivity index (χ4n) is 1.47. The molecule has 1 nitrogen and oxygen atoms in total. The topological polar surface area (TPSA) is 17.1 Å². The number of hydrogen-bond donors (Lipinski definition) is 0. The van der Waals surface area contributed by atoms with E-state index in [1.54, 1.807) is 0 Å². The van der Waals surface area contributed by atoms with Gasteiger partial charge in [0.25, 0.3) is 0 Å². The average molecular weight is 175 g/mol. The van der Waals surface area contributed by atoms with Crippen molar-refractivity contribution < 1.29 is 4.79 Å². The Bertz CT molecular complexity index is 313. The number of rotatable bonds is 3. The third-order valence-electron chi connectivity index (χ3n) is 2.67. The molecule has 0 amide bonds. The van der Waals surface area contributed by atoms with Crippen molar-refractivity contribution in [2.45, 2.75) is 33.6 Å². The molecule has 13 heavy (non-hydrogen) atoms. The van der Waals surface area contributed by atoms with E-state index in [1.165, 1.54) is 22.3 Å². The van der Waals surface area contributed by atoms with Crippen LogP contribution in [-0.4, -0.2) is 6.29 Å². The highest BCUT2D eigenvalue weighted by Gasteiger charge is 2.02. The van der Waals surface area contributed by atoms with Gasteiger partial charge in [-0.05, 0) is 49.4 Å². The summed E-state index contributed by atoms with van der Waals surface area (Å²) in [5, 5.41) is 0. The van der Waals surface area contributed by atoms with Crippen molar-refractivity contribution in [1.82, 2.24) is 0 Å². The van der Waals surface area contributed by atoms with Crippen molar-refractivity contribution in [2.75, 3.05) is 0 Å². The predicted octanol–water partition coefficient (Wildman–Crippen LogP) is 2.65. The van der Waals surface area contributed by atoms with E-state index in [0.717, 1.165) is 6.42 Å². The molecule has 0 aromatic heterocycles. The highest BCUT2D eigenvalue weighted by molar-refractivity contribution is 5.51. The summed E-state index contributed by atoms with van der Waals surface area (Å²) in [5.41, 5.74) is 5.24. The zero-order valence-electron chi connectivity index (χ0n) is 8.48. The minimum Gasteiger partial charge on any atom is -0.291 e. The molecule has 0 fully saturated rings. The minimum atomic E-state index is 0.503. The lowest BCUT2D eigenvalue weighted by molar-refractivity contribution is 0.551. The normalized spacial score (nSPS) is 10.1. The third-order valence-corrected chi connectivity index (χ3v) is 2.67. The SMILES string of the molecule is Cc1ccc(CC[C]=O)c(C)c1C. The fourth-order valence-corrected chi connectivity index (χ4v) is 1.47. The molecule has 1 rings (SSSR count). The van der Waals surface area contributed by atoms with E-state index in [4.69, 9.17) is 0 Å². The molecule has 0 atom stereocenters. The Balaban J connectivity index is 2.96. The lowest BCUT2D eigenvalue weighted by Crippen LogP contribution is -1.95. The van der Waals surface area contributed by atoms with Crippen LogP contribution in [0.3, 0.4) is 0 Å². The van der Waals surface area contributed by atoms with Gasteiger partial charge < -0.3 is 0 Å². The van der Waals surface area contributed by atoms with Crippen LogP contribution in [0.15, 0.2) is 12.1 Å². The summed E-state index contributed by atoms with van der Waals surface area (Å²) in [7, 11) is 0. The van der Waals surface area contributed by atoms with Gasteiger partial charge in [-0.1, -0.05) is 12.1 Å². The Morgan fingerprint density at radius 1 is 1.15 bits per heavy atom. The highest BCUT2D eigenvalue weighted by Crippen LogP contribution is 2.17. The van der Waals surface area contributed by atoms with Crippen LogP contribution in [0.2, 0.25) is 0 Å². The van der Waals surface area contributed by atoms with E-state index in [1.807, 2.05) is 6.29 Å². The molecule has 0 saturated carbocycles. The Morgan fingerprint density at radius 2 is 1.85 bits per heavy atom. The summed E-state index contributed by atoms with van der Waals surface area (Å²) in [6.07, 6.45) is 3.25. The van der Waals surface area contributed by atoms with Crippen LogP contribution in [0.1, 0.15) is 28.7 Å². The molecule has 0 aliphatic rings. The quantitative estimate of drug-likeness (QED) is 0.690. The van der Waals surface area contributed by atoms with Crippen molar-refractivity contribution >= 4 is 6.29 Å². The Kier molecular flexibility index (Phi) is 3.24. The number of carbonyl (C=O) groups excluding carboxylic acids is 1. The summed E-state index contributed by atoms with van der Waals surface area (Å²) in [6, 6.07) is 4.22. The van der Waals surface area contributed by atoms with Gasteiger partial charge >= 0.3 is 0 Å². The molecular weight excluding hydrogens is 160 g/mol. The van der Waals surface area contributed by atoms with E-state index in [-0.39, 0.29) is 0 Å². The van der Waals surface area contributed by atoms with Crippen LogP contribution in [0, 0.1) is 20.8 Å². The zero-order valence-corrected chi connectivity index (χ0v) is 8.48. The maximum Gasteiger partial charge on any atom is 0.198 e. The molecule has 1 aromatic carbocycles. The minimum absolute atomic E-state index is 0.503. The van der Waals surface area contributed by atoms with Crippen molar-refractivity contribution in [2.24, 2.45) is 0 Å². The first-order valence-electron chi connectivity index (χ1n) is 4.57. The molecule has 0 bridgehead atoms. The summed E-state index contributed by atoms with van der Waals surface area (Å²) in [4.78, 5) is 10.1. The Hall–Kier alpha value is -1.11. The van der Waals surface area contributed by atoms with Crippen molar-refractivity contribution in [3.8, 4) is 0 Å². The molecule has 0 heterocycles. The number of aryl methyl sites for hydroxylation is 2. The average Bonchev–Trinajstić information content (AvgIpc) is 2.13. The summed E-state index contributed by atoms with van der Waals surface area (Å²) in [5.74, 6) is 0. The van der Waals surface area contributed by atoms with Gasteiger partial charge in [-0.2, -0.15) is 0 Å². The summed E-state index contributed by atoms with van der Waals surface area (Å²) < 4.78 is 0. The van der Waals surface area contributed by atoms with Crippen molar-refractivity contribution in [3.05, 3.63) is 34.4 Å². The lowest BCUT2D eigenvalue weighted by atomic mass is 9.96. The smallest absolute Gasteiger partial charge is 0.198 e. The fraction of sp³-hybridized carbons (Fsp3) is 0.417. The van der Waals surface area contributed by atoms with Crippen LogP contribution in [-0.2, 0) is 11.2 Å². The first kappa shape index (κ1) is 9.97. The van der Waals surface area contributed by atoms with Gasteiger partial charge in [0.2, 0.25) is 0 Å². The molecule has 69 valence electrons. The first-order valence-corrected chi connectivity index (χ1v) is 4.57. The van der Waals surface area contributed by atoms with Gasteiger partial charge in [0.05, 0.1) is 0 Å². The molecule has 1 heteroatoms. The van der Waals surface area contributed by atoms with Crippen LogP contribution in [0.4, 0.5) is 0 Å². The molecule has 0 aliphatic carbocycles. The second-order valence-corrected chi connectivity index (χ2v) is 3.44. The van der Waals surface area contributed by atoms with Gasteiger partial charge in [0.15, 0.2) is 6.29 Å². The molecule has 1 aromatic rings. The number of benzene rings is 1. The zero-order chi connectivity index (χ0) is 9.84. The summed E-state index contributed by atoms with van der Waals surface area (Å²) in [6.45, 7) is 6.35. The molecule has 0 aliphatic heterocycles. The molecule has 1 radical (unpaired) electrons. The standard InChI is InChI=1S/C12H15O/c1-9-6-7-12(5-4-8-13)11(3)10(9)2/h6-7H,4-5H2,1-3H3. The number of hydrogen-bond acceptors (Lipinski definition) is 1. The largest absolute Gasteiger partial charge is 0.291 e. The molecule has 0 saturated heterocycles. The van der Waals surface area contributed by atoms with Gasteiger partial charge in [0, 0.05) is 6.42 Å². The van der Waals surface area contributed by atoms with Crippen LogP contribution in [0.5, 0.6) is 0 Å². The highest BCUT2D eigenvalue weighted by atomic mass is 16.1. The van der Waals surface area contributed by atoms with Crippen molar-refractivity contribution in [3.63, 3.8) is 0 Å². The second-order valence-electron chi connectivity index (χ2n) is 3.44. The second kappa shape index (κ2) is 4.22. The van der Waals surface area contributed by atoms with Crippen LogP contribution < -0.4 is 0 Å². The van der Waals surface area contributed by atoms with Gasteiger partial charge in [-0.15, -0.1) is 0 Å².